The number of benzene rings is 1. The third kappa shape index (κ3) is 4.37. The number of ether oxygens (including phenoxy) is 1. The summed E-state index contributed by atoms with van der Waals surface area (Å²) in [6.45, 7) is 12.3. The summed E-state index contributed by atoms with van der Waals surface area (Å²) in [4.78, 5) is 12.4. The first kappa shape index (κ1) is 19.4. The quantitative estimate of drug-likeness (QED) is 0.796. The summed E-state index contributed by atoms with van der Waals surface area (Å²) in [6.07, 6.45) is 1.89. The third-order valence-electron chi connectivity index (χ3n) is 6.10. The molecule has 0 N–H and O–H groups in total. The van der Waals surface area contributed by atoms with Gasteiger partial charge in [0.2, 0.25) is 0 Å². The van der Waals surface area contributed by atoms with Crippen molar-refractivity contribution in [1.29, 1.82) is 0 Å². The molecule has 0 bridgehead atoms. The van der Waals surface area contributed by atoms with Crippen LogP contribution in [0.15, 0.2) is 48.7 Å². The zero-order valence-corrected chi connectivity index (χ0v) is 17.3. The van der Waals surface area contributed by atoms with E-state index in [2.05, 4.69) is 69.9 Å². The topological polar surface area (TPSA) is 31.8 Å². The van der Waals surface area contributed by atoms with Gasteiger partial charge in [0.05, 0.1) is 12.8 Å². The zero-order chi connectivity index (χ0) is 19.6. The summed E-state index contributed by atoms with van der Waals surface area (Å²) in [5, 5.41) is 0. The largest absolute Gasteiger partial charge is 0.497 e. The van der Waals surface area contributed by atoms with Crippen LogP contribution >= 0.6 is 0 Å². The van der Waals surface area contributed by atoms with Crippen LogP contribution in [0.5, 0.6) is 5.75 Å². The molecular weight excluding hydrogens is 348 g/mol. The normalized spacial score (nSPS) is 23.3. The predicted octanol–water partition coefficient (Wildman–Crippen LogP) is 2.87. The standard InChI is InChI=1S/C23H32N4O/c1-23(2)18-26(14-19-7-9-22(28-3)10-8-19)17-21-16-25(12-13-27(21)23)15-20-6-4-5-11-24-20/h4-11,21H,12-18H2,1-3H3. The van der Waals surface area contributed by atoms with Gasteiger partial charge in [-0.15, -0.1) is 0 Å². The number of aromatic nitrogens is 1. The highest BCUT2D eigenvalue weighted by Gasteiger charge is 2.42. The highest BCUT2D eigenvalue weighted by molar-refractivity contribution is 5.27. The van der Waals surface area contributed by atoms with Gasteiger partial charge in [-0.05, 0) is 43.7 Å². The number of rotatable bonds is 5. The maximum Gasteiger partial charge on any atom is 0.118 e. The van der Waals surface area contributed by atoms with Crippen molar-refractivity contribution in [2.45, 2.75) is 38.5 Å². The molecule has 5 heteroatoms. The zero-order valence-electron chi connectivity index (χ0n) is 17.3. The SMILES string of the molecule is COc1ccc(CN2CC3CN(Cc4ccccn4)CCN3C(C)(C)C2)cc1. The van der Waals surface area contributed by atoms with Crippen molar-refractivity contribution in [3.63, 3.8) is 0 Å². The molecule has 0 saturated carbocycles. The summed E-state index contributed by atoms with van der Waals surface area (Å²) in [6, 6.07) is 15.3. The average molecular weight is 381 g/mol. The monoisotopic (exact) mass is 380 g/mol. The molecule has 2 saturated heterocycles. The number of fused-ring (bicyclic) bond motifs is 1. The minimum atomic E-state index is 0.201. The van der Waals surface area contributed by atoms with Gasteiger partial charge in [-0.25, -0.2) is 0 Å². The van der Waals surface area contributed by atoms with E-state index in [0.717, 1.165) is 51.6 Å². The second-order valence-electron chi connectivity index (χ2n) is 8.73. The van der Waals surface area contributed by atoms with Gasteiger partial charge in [-0.1, -0.05) is 18.2 Å². The van der Waals surface area contributed by atoms with Crippen LogP contribution in [0.2, 0.25) is 0 Å². The number of hydrogen-bond acceptors (Lipinski definition) is 5. The van der Waals surface area contributed by atoms with Gasteiger partial charge in [-0.2, -0.15) is 0 Å². The van der Waals surface area contributed by atoms with Crippen LogP contribution in [-0.4, -0.2) is 71.1 Å². The van der Waals surface area contributed by atoms with Crippen molar-refractivity contribution in [2.24, 2.45) is 0 Å². The van der Waals surface area contributed by atoms with Gasteiger partial charge in [0.1, 0.15) is 5.75 Å². The first-order valence-electron chi connectivity index (χ1n) is 10.3. The number of hydrogen-bond donors (Lipinski definition) is 0. The smallest absolute Gasteiger partial charge is 0.118 e. The molecule has 1 aromatic heterocycles. The Kier molecular flexibility index (Phi) is 5.67. The molecule has 0 radical (unpaired) electrons. The lowest BCUT2D eigenvalue weighted by Crippen LogP contribution is -2.69. The highest BCUT2D eigenvalue weighted by atomic mass is 16.5. The minimum absolute atomic E-state index is 0.201. The Hall–Kier alpha value is -1.95. The fourth-order valence-corrected chi connectivity index (χ4v) is 4.85. The van der Waals surface area contributed by atoms with Crippen LogP contribution in [0.25, 0.3) is 0 Å². The Morgan fingerprint density at radius 2 is 1.79 bits per heavy atom. The van der Waals surface area contributed by atoms with Gasteiger partial charge in [0, 0.05) is 63.6 Å². The number of pyridine rings is 1. The molecule has 150 valence electrons. The first-order chi connectivity index (χ1) is 13.5. The van der Waals surface area contributed by atoms with E-state index in [1.807, 2.05) is 12.3 Å². The summed E-state index contributed by atoms with van der Waals surface area (Å²) in [7, 11) is 1.72. The molecular formula is C23H32N4O. The predicted molar refractivity (Wildman–Crippen MR) is 112 cm³/mol. The summed E-state index contributed by atoms with van der Waals surface area (Å²) in [5.74, 6) is 0.923. The number of nitrogens with zero attached hydrogens (tertiary/aromatic N) is 4. The molecule has 4 rings (SSSR count). The van der Waals surface area contributed by atoms with Gasteiger partial charge < -0.3 is 4.74 Å². The second kappa shape index (κ2) is 8.19. The van der Waals surface area contributed by atoms with Gasteiger partial charge >= 0.3 is 0 Å². The van der Waals surface area contributed by atoms with Crippen molar-refractivity contribution < 1.29 is 4.74 Å². The Morgan fingerprint density at radius 3 is 2.50 bits per heavy atom. The average Bonchev–Trinajstić information content (AvgIpc) is 2.68. The molecule has 2 aliphatic heterocycles. The summed E-state index contributed by atoms with van der Waals surface area (Å²) >= 11 is 0. The lowest BCUT2D eigenvalue weighted by molar-refractivity contribution is -0.0686. The van der Waals surface area contributed by atoms with E-state index in [0.29, 0.717) is 6.04 Å². The van der Waals surface area contributed by atoms with Crippen molar-refractivity contribution in [2.75, 3.05) is 39.8 Å². The maximum absolute atomic E-state index is 5.29. The number of piperazine rings is 2. The van der Waals surface area contributed by atoms with E-state index in [1.54, 1.807) is 7.11 Å². The second-order valence-corrected chi connectivity index (χ2v) is 8.73. The van der Waals surface area contributed by atoms with E-state index in [-0.39, 0.29) is 5.54 Å². The van der Waals surface area contributed by atoms with Crippen LogP contribution < -0.4 is 4.74 Å². The molecule has 2 aliphatic rings. The molecule has 5 nitrogen and oxygen atoms in total. The van der Waals surface area contributed by atoms with Crippen LogP contribution in [-0.2, 0) is 13.1 Å². The van der Waals surface area contributed by atoms with Gasteiger partial charge in [0.25, 0.3) is 0 Å². The van der Waals surface area contributed by atoms with Crippen molar-refractivity contribution >= 4 is 0 Å². The molecule has 0 spiro atoms. The van der Waals surface area contributed by atoms with Crippen LogP contribution in [0.1, 0.15) is 25.1 Å². The Bertz CT molecular complexity index is 762. The lowest BCUT2D eigenvalue weighted by atomic mass is 9.92. The Morgan fingerprint density at radius 1 is 1.00 bits per heavy atom. The van der Waals surface area contributed by atoms with E-state index in [9.17, 15) is 0 Å². The third-order valence-corrected chi connectivity index (χ3v) is 6.10. The van der Waals surface area contributed by atoms with E-state index < -0.39 is 0 Å². The van der Waals surface area contributed by atoms with E-state index >= 15 is 0 Å². The van der Waals surface area contributed by atoms with Gasteiger partial charge in [0.15, 0.2) is 0 Å². The summed E-state index contributed by atoms with van der Waals surface area (Å²) in [5.41, 5.74) is 2.72. The molecule has 0 aliphatic carbocycles. The van der Waals surface area contributed by atoms with E-state index in [4.69, 9.17) is 4.74 Å². The number of methoxy groups -OCH3 is 1. The Balaban J connectivity index is 1.42. The van der Waals surface area contributed by atoms with Crippen molar-refractivity contribution in [3.8, 4) is 5.75 Å². The molecule has 1 unspecified atom stereocenters. The molecule has 2 fully saturated rings. The molecule has 0 amide bonds. The molecule has 1 atom stereocenters. The van der Waals surface area contributed by atoms with E-state index in [1.165, 1.54) is 11.3 Å². The molecule has 3 heterocycles. The fraction of sp³-hybridized carbons (Fsp3) is 0.522. The molecule has 2 aromatic rings. The molecule has 1 aromatic carbocycles. The fourth-order valence-electron chi connectivity index (χ4n) is 4.85. The summed E-state index contributed by atoms with van der Waals surface area (Å²) < 4.78 is 5.29. The van der Waals surface area contributed by atoms with Gasteiger partial charge in [-0.3, -0.25) is 19.7 Å². The van der Waals surface area contributed by atoms with Crippen LogP contribution in [0.4, 0.5) is 0 Å². The lowest BCUT2D eigenvalue weighted by Gasteiger charge is -2.55. The maximum atomic E-state index is 5.29. The first-order valence-corrected chi connectivity index (χ1v) is 10.3. The minimum Gasteiger partial charge on any atom is -0.497 e. The van der Waals surface area contributed by atoms with Crippen molar-refractivity contribution in [1.82, 2.24) is 19.7 Å². The Labute approximate surface area is 168 Å². The van der Waals surface area contributed by atoms with Crippen LogP contribution in [0, 0.1) is 0 Å². The highest BCUT2D eigenvalue weighted by Crippen LogP contribution is 2.29. The van der Waals surface area contributed by atoms with Crippen molar-refractivity contribution in [3.05, 3.63) is 59.9 Å². The molecule has 28 heavy (non-hydrogen) atoms. The van der Waals surface area contributed by atoms with Crippen LogP contribution in [0.3, 0.4) is 0 Å².